The van der Waals surface area contributed by atoms with Crippen LogP contribution in [0.15, 0.2) is 29.6 Å². The molecule has 1 amide bonds. The fraction of sp³-hybridized carbons (Fsp3) is 0.400. The Hall–Kier alpha value is -1.84. The zero-order valence-corrected chi connectivity index (χ0v) is 14.8. The molecule has 24 heavy (non-hydrogen) atoms. The van der Waals surface area contributed by atoms with E-state index in [0.29, 0.717) is 18.8 Å². The van der Waals surface area contributed by atoms with Gasteiger partial charge in [-0.3, -0.25) is 4.79 Å². The molecule has 2 aromatic rings. The van der Waals surface area contributed by atoms with Gasteiger partial charge in [0.2, 0.25) is 5.91 Å². The van der Waals surface area contributed by atoms with Crippen molar-refractivity contribution in [1.29, 1.82) is 0 Å². The molecule has 0 atom stereocenters. The largest absolute Gasteiger partial charge is 0.325 e. The smallest absolute Gasteiger partial charge is 0.245 e. The molecule has 1 aromatic heterocycles. The van der Waals surface area contributed by atoms with Crippen LogP contribution in [0.3, 0.4) is 0 Å². The highest BCUT2D eigenvalue weighted by Gasteiger charge is 2.48. The normalized spacial score (nSPS) is 17.4. The summed E-state index contributed by atoms with van der Waals surface area (Å²) in [4.78, 5) is 12.7. The first-order chi connectivity index (χ1) is 11.4. The van der Waals surface area contributed by atoms with E-state index in [1.807, 2.05) is 17.5 Å². The van der Waals surface area contributed by atoms with E-state index in [2.05, 4.69) is 20.2 Å². The van der Waals surface area contributed by atoms with Crippen LogP contribution < -0.4 is 10.6 Å². The highest BCUT2D eigenvalue weighted by atomic mass is 32.2. The van der Waals surface area contributed by atoms with E-state index >= 15 is 0 Å². The third kappa shape index (κ3) is 3.19. The van der Waals surface area contributed by atoms with E-state index in [0.717, 1.165) is 17.5 Å². The van der Waals surface area contributed by atoms with Gasteiger partial charge in [0.05, 0.1) is 0 Å². The molecule has 2 N–H and O–H groups in total. The highest BCUT2D eigenvalue weighted by molar-refractivity contribution is 7.92. The molecule has 0 saturated carbocycles. The Balaban J connectivity index is 1.80. The molecule has 0 radical (unpaired) electrons. The quantitative estimate of drug-likeness (QED) is 0.846. The second-order valence-electron chi connectivity index (χ2n) is 5.84. The van der Waals surface area contributed by atoms with Gasteiger partial charge in [-0.25, -0.2) is 8.42 Å². The summed E-state index contributed by atoms with van der Waals surface area (Å²) in [5.41, 5.74) is 2.22. The number of piperidine rings is 1. The zero-order chi connectivity index (χ0) is 17.2. The summed E-state index contributed by atoms with van der Waals surface area (Å²) >= 11 is 1.27. The lowest BCUT2D eigenvalue weighted by molar-refractivity contribution is -0.119. The molecule has 0 bridgehead atoms. The van der Waals surface area contributed by atoms with Gasteiger partial charge in [-0.15, -0.1) is 5.10 Å². The summed E-state index contributed by atoms with van der Waals surface area (Å²) < 4.78 is 26.9. The van der Waals surface area contributed by atoms with Crippen LogP contribution in [-0.2, 0) is 14.6 Å². The van der Waals surface area contributed by atoms with E-state index in [-0.39, 0.29) is 12.8 Å². The molecule has 2 heterocycles. The number of sulfone groups is 1. The molecule has 1 aliphatic rings. The van der Waals surface area contributed by atoms with Crippen LogP contribution in [0.4, 0.5) is 5.69 Å². The molecule has 0 unspecified atom stereocenters. The molecular formula is C15H18N4O3S2. The predicted molar refractivity (Wildman–Crippen MR) is 93.7 cm³/mol. The maximum atomic E-state index is 12.7. The lowest BCUT2D eigenvalue weighted by Gasteiger charge is -2.34. The summed E-state index contributed by atoms with van der Waals surface area (Å²) in [6, 6.07) is 7.12. The van der Waals surface area contributed by atoms with Crippen molar-refractivity contribution in [1.82, 2.24) is 14.9 Å². The maximum absolute atomic E-state index is 12.7. The maximum Gasteiger partial charge on any atom is 0.245 e. The minimum absolute atomic E-state index is 0.278. The lowest BCUT2D eigenvalue weighted by Crippen LogP contribution is -2.55. The molecule has 1 aliphatic heterocycles. The van der Waals surface area contributed by atoms with Crippen LogP contribution in [-0.4, -0.2) is 48.0 Å². The van der Waals surface area contributed by atoms with Gasteiger partial charge < -0.3 is 10.6 Å². The van der Waals surface area contributed by atoms with Gasteiger partial charge in [-0.1, -0.05) is 16.6 Å². The van der Waals surface area contributed by atoms with Crippen LogP contribution in [0.5, 0.6) is 0 Å². The van der Waals surface area contributed by atoms with E-state index < -0.39 is 20.5 Å². The standard InChI is InChI=1S/C15H18N4O3S2/c1-24(21,22)15(6-8-16-9-7-15)14(20)17-12-4-2-11(3-5-12)13-10-23-19-18-13/h2-5,10,16H,6-9H2,1H3,(H,17,20). The number of amides is 1. The van der Waals surface area contributed by atoms with Gasteiger partial charge in [-0.05, 0) is 49.6 Å². The van der Waals surface area contributed by atoms with Crippen molar-refractivity contribution >= 4 is 33.0 Å². The molecule has 1 aromatic carbocycles. The van der Waals surface area contributed by atoms with Crippen LogP contribution in [0, 0.1) is 0 Å². The number of nitrogens with zero attached hydrogens (tertiary/aromatic N) is 2. The van der Waals surface area contributed by atoms with Crippen molar-refractivity contribution in [3.05, 3.63) is 29.6 Å². The number of hydrogen-bond acceptors (Lipinski definition) is 7. The fourth-order valence-electron chi connectivity index (χ4n) is 2.86. The van der Waals surface area contributed by atoms with Crippen LogP contribution in [0.2, 0.25) is 0 Å². The average molecular weight is 366 g/mol. The fourth-order valence-corrected chi connectivity index (χ4v) is 4.66. The Morgan fingerprint density at radius 2 is 1.92 bits per heavy atom. The van der Waals surface area contributed by atoms with Gasteiger partial charge >= 0.3 is 0 Å². The second kappa shape index (κ2) is 6.58. The van der Waals surface area contributed by atoms with Crippen LogP contribution in [0.25, 0.3) is 11.3 Å². The van der Waals surface area contributed by atoms with E-state index in [4.69, 9.17) is 0 Å². The van der Waals surface area contributed by atoms with Gasteiger partial charge in [0.25, 0.3) is 0 Å². The lowest BCUT2D eigenvalue weighted by atomic mass is 9.95. The molecule has 1 saturated heterocycles. The highest BCUT2D eigenvalue weighted by Crippen LogP contribution is 2.30. The van der Waals surface area contributed by atoms with Crippen molar-refractivity contribution in [2.24, 2.45) is 0 Å². The Morgan fingerprint density at radius 3 is 2.46 bits per heavy atom. The van der Waals surface area contributed by atoms with Gasteiger partial charge in [0, 0.05) is 22.9 Å². The van der Waals surface area contributed by atoms with E-state index in [1.54, 1.807) is 12.1 Å². The number of rotatable bonds is 4. The summed E-state index contributed by atoms with van der Waals surface area (Å²) in [6.07, 6.45) is 1.69. The second-order valence-corrected chi connectivity index (χ2v) is 8.77. The Bertz CT molecular complexity index is 811. The summed E-state index contributed by atoms with van der Waals surface area (Å²) in [7, 11) is -3.52. The number of carbonyl (C=O) groups is 1. The number of anilines is 1. The number of carbonyl (C=O) groups excluding carboxylic acids is 1. The topological polar surface area (TPSA) is 101 Å². The van der Waals surface area contributed by atoms with Gasteiger partial charge in [-0.2, -0.15) is 0 Å². The molecule has 0 aliphatic carbocycles. The first-order valence-electron chi connectivity index (χ1n) is 7.52. The summed E-state index contributed by atoms with van der Waals surface area (Å²) in [6.45, 7) is 1.02. The number of benzene rings is 1. The first kappa shape index (κ1) is 17.0. The molecule has 9 heteroatoms. The number of aromatic nitrogens is 2. The molecule has 128 valence electrons. The SMILES string of the molecule is CS(=O)(=O)C1(C(=O)Nc2ccc(-c3csnn3)cc2)CCNCC1. The third-order valence-corrected chi connectivity index (χ3v) is 6.85. The molecule has 7 nitrogen and oxygen atoms in total. The predicted octanol–water partition coefficient (Wildman–Crippen LogP) is 1.31. The number of nitrogens with one attached hydrogen (secondary N) is 2. The molecule has 3 rings (SSSR count). The van der Waals surface area contributed by atoms with Gasteiger partial charge in [0.15, 0.2) is 14.6 Å². The third-order valence-electron chi connectivity index (χ3n) is 4.33. The zero-order valence-electron chi connectivity index (χ0n) is 13.2. The van der Waals surface area contributed by atoms with Crippen molar-refractivity contribution in [3.8, 4) is 11.3 Å². The molecule has 1 fully saturated rings. The van der Waals surface area contributed by atoms with Crippen molar-refractivity contribution < 1.29 is 13.2 Å². The summed E-state index contributed by atoms with van der Waals surface area (Å²) in [5.74, 6) is -0.463. The van der Waals surface area contributed by atoms with Crippen LogP contribution >= 0.6 is 11.5 Å². The number of hydrogen-bond donors (Lipinski definition) is 2. The van der Waals surface area contributed by atoms with Crippen molar-refractivity contribution in [2.75, 3.05) is 24.7 Å². The first-order valence-corrected chi connectivity index (χ1v) is 10.2. The molecule has 0 spiro atoms. The van der Waals surface area contributed by atoms with Crippen LogP contribution in [0.1, 0.15) is 12.8 Å². The Morgan fingerprint density at radius 1 is 1.25 bits per heavy atom. The summed E-state index contributed by atoms with van der Waals surface area (Å²) in [5, 5.41) is 11.7. The average Bonchev–Trinajstić information content (AvgIpc) is 3.09. The van der Waals surface area contributed by atoms with Gasteiger partial charge in [0.1, 0.15) is 5.69 Å². The van der Waals surface area contributed by atoms with E-state index in [1.165, 1.54) is 11.5 Å². The van der Waals surface area contributed by atoms with Crippen molar-refractivity contribution in [3.63, 3.8) is 0 Å². The molecular weight excluding hydrogens is 348 g/mol. The van der Waals surface area contributed by atoms with E-state index in [9.17, 15) is 13.2 Å². The Kier molecular flexibility index (Phi) is 4.66. The van der Waals surface area contributed by atoms with Crippen molar-refractivity contribution in [2.45, 2.75) is 17.6 Å². The minimum Gasteiger partial charge on any atom is -0.325 e. The minimum atomic E-state index is -3.52. The Labute approximate surface area is 144 Å². The monoisotopic (exact) mass is 366 g/mol.